The molecule has 1 saturated heterocycles. The molecule has 2 rings (SSSR count). The molecule has 1 aliphatic rings. The van der Waals surface area contributed by atoms with E-state index in [0.29, 0.717) is 6.04 Å². The molecule has 0 bridgehead atoms. The molecule has 0 saturated carbocycles. The monoisotopic (exact) mass is 274 g/mol. The molecule has 1 atom stereocenters. The Kier molecular flexibility index (Phi) is 3.44. The molecule has 2 nitrogen and oxygen atoms in total. The SMILES string of the molecule is Clc1ccc(Br)c(C2CNCCN2)c1. The first-order valence-electron chi connectivity index (χ1n) is 4.66. The molecule has 1 aromatic carbocycles. The number of hydrogen-bond acceptors (Lipinski definition) is 2. The van der Waals surface area contributed by atoms with Gasteiger partial charge < -0.3 is 10.6 Å². The summed E-state index contributed by atoms with van der Waals surface area (Å²) < 4.78 is 1.11. The molecular formula is C10H12BrClN2. The van der Waals surface area contributed by atoms with Crippen LogP contribution in [0.15, 0.2) is 22.7 Å². The predicted molar refractivity (Wildman–Crippen MR) is 62.8 cm³/mol. The van der Waals surface area contributed by atoms with Crippen LogP contribution in [0.4, 0.5) is 0 Å². The maximum Gasteiger partial charge on any atom is 0.0459 e. The van der Waals surface area contributed by atoms with E-state index in [-0.39, 0.29) is 0 Å². The molecule has 1 heterocycles. The van der Waals surface area contributed by atoms with E-state index in [0.717, 1.165) is 29.1 Å². The first-order valence-corrected chi connectivity index (χ1v) is 5.83. The second-order valence-electron chi connectivity index (χ2n) is 3.38. The van der Waals surface area contributed by atoms with E-state index in [1.165, 1.54) is 5.56 Å². The van der Waals surface area contributed by atoms with Gasteiger partial charge in [0.2, 0.25) is 0 Å². The summed E-state index contributed by atoms with van der Waals surface area (Å²) in [7, 11) is 0. The van der Waals surface area contributed by atoms with Gasteiger partial charge in [-0.1, -0.05) is 27.5 Å². The minimum absolute atomic E-state index is 0.358. The fraction of sp³-hybridized carbons (Fsp3) is 0.400. The van der Waals surface area contributed by atoms with Gasteiger partial charge in [-0.2, -0.15) is 0 Å². The van der Waals surface area contributed by atoms with Gasteiger partial charge in [-0.3, -0.25) is 0 Å². The van der Waals surface area contributed by atoms with Gasteiger partial charge in [0.05, 0.1) is 0 Å². The summed E-state index contributed by atoms with van der Waals surface area (Å²) in [6.45, 7) is 3.00. The van der Waals surface area contributed by atoms with Crippen molar-refractivity contribution in [3.8, 4) is 0 Å². The van der Waals surface area contributed by atoms with Crippen LogP contribution in [0, 0.1) is 0 Å². The van der Waals surface area contributed by atoms with Crippen molar-refractivity contribution in [2.24, 2.45) is 0 Å². The molecule has 0 amide bonds. The number of hydrogen-bond donors (Lipinski definition) is 2. The quantitative estimate of drug-likeness (QED) is 0.822. The van der Waals surface area contributed by atoms with Gasteiger partial charge in [-0.05, 0) is 23.8 Å². The molecule has 76 valence electrons. The summed E-state index contributed by atoms with van der Waals surface area (Å²) in [6.07, 6.45) is 0. The van der Waals surface area contributed by atoms with Crippen LogP contribution in [0.3, 0.4) is 0 Å². The molecule has 4 heteroatoms. The maximum absolute atomic E-state index is 5.97. The Morgan fingerprint density at radius 3 is 2.93 bits per heavy atom. The maximum atomic E-state index is 5.97. The van der Waals surface area contributed by atoms with Crippen LogP contribution in [0.1, 0.15) is 11.6 Å². The Hall–Kier alpha value is -0.0900. The van der Waals surface area contributed by atoms with Gasteiger partial charge in [0, 0.05) is 35.2 Å². The average Bonchev–Trinajstić information content (AvgIpc) is 2.23. The molecule has 1 aromatic rings. The summed E-state index contributed by atoms with van der Waals surface area (Å²) in [5.41, 5.74) is 1.23. The van der Waals surface area contributed by atoms with Crippen molar-refractivity contribution in [2.45, 2.75) is 6.04 Å². The molecule has 1 fully saturated rings. The Morgan fingerprint density at radius 1 is 1.36 bits per heavy atom. The lowest BCUT2D eigenvalue weighted by Crippen LogP contribution is -2.42. The topological polar surface area (TPSA) is 24.1 Å². The highest BCUT2D eigenvalue weighted by Gasteiger charge is 2.16. The summed E-state index contributed by atoms with van der Waals surface area (Å²) >= 11 is 9.51. The summed E-state index contributed by atoms with van der Waals surface area (Å²) in [5.74, 6) is 0. The standard InChI is InChI=1S/C10H12BrClN2/c11-9-2-1-7(12)5-8(9)10-6-13-3-4-14-10/h1-2,5,10,13-14H,3-4,6H2. The van der Waals surface area contributed by atoms with E-state index in [9.17, 15) is 0 Å². The van der Waals surface area contributed by atoms with Gasteiger partial charge in [0.25, 0.3) is 0 Å². The van der Waals surface area contributed by atoms with Crippen molar-refractivity contribution >= 4 is 27.5 Å². The molecule has 1 unspecified atom stereocenters. The highest BCUT2D eigenvalue weighted by Crippen LogP contribution is 2.26. The second kappa shape index (κ2) is 4.62. The first-order chi connectivity index (χ1) is 6.77. The molecule has 14 heavy (non-hydrogen) atoms. The van der Waals surface area contributed by atoms with Crippen LogP contribution in [-0.4, -0.2) is 19.6 Å². The molecule has 0 aliphatic carbocycles. The lowest BCUT2D eigenvalue weighted by atomic mass is 10.1. The normalized spacial score (nSPS) is 22.3. The number of piperazine rings is 1. The lowest BCUT2D eigenvalue weighted by molar-refractivity contribution is 0.429. The zero-order valence-corrected chi connectivity index (χ0v) is 10.0. The number of halogens is 2. The van der Waals surface area contributed by atoms with Crippen molar-refractivity contribution < 1.29 is 0 Å². The Bertz CT molecular complexity index is 324. The fourth-order valence-electron chi connectivity index (χ4n) is 1.65. The van der Waals surface area contributed by atoms with Gasteiger partial charge >= 0.3 is 0 Å². The van der Waals surface area contributed by atoms with Crippen molar-refractivity contribution in [1.29, 1.82) is 0 Å². The van der Waals surface area contributed by atoms with Crippen molar-refractivity contribution in [3.05, 3.63) is 33.3 Å². The summed E-state index contributed by atoms with van der Waals surface area (Å²) in [5, 5.41) is 7.59. The predicted octanol–water partition coefficient (Wildman–Crippen LogP) is 2.34. The third-order valence-electron chi connectivity index (χ3n) is 2.37. The van der Waals surface area contributed by atoms with Crippen LogP contribution in [0.25, 0.3) is 0 Å². The summed E-state index contributed by atoms with van der Waals surface area (Å²) in [4.78, 5) is 0. The van der Waals surface area contributed by atoms with Gasteiger partial charge in [0.15, 0.2) is 0 Å². The Morgan fingerprint density at radius 2 is 2.21 bits per heavy atom. The van der Waals surface area contributed by atoms with E-state index in [1.54, 1.807) is 0 Å². The van der Waals surface area contributed by atoms with Crippen molar-refractivity contribution in [3.63, 3.8) is 0 Å². The van der Waals surface area contributed by atoms with E-state index in [2.05, 4.69) is 26.6 Å². The van der Waals surface area contributed by atoms with Gasteiger partial charge in [0.1, 0.15) is 0 Å². The minimum atomic E-state index is 0.358. The van der Waals surface area contributed by atoms with Crippen molar-refractivity contribution in [1.82, 2.24) is 10.6 Å². The molecule has 2 N–H and O–H groups in total. The lowest BCUT2D eigenvalue weighted by Gasteiger charge is -2.25. The van der Waals surface area contributed by atoms with Crippen LogP contribution in [-0.2, 0) is 0 Å². The van der Waals surface area contributed by atoms with E-state index < -0.39 is 0 Å². The largest absolute Gasteiger partial charge is 0.314 e. The fourth-order valence-corrected chi connectivity index (χ4v) is 2.36. The molecule has 0 aromatic heterocycles. The smallest absolute Gasteiger partial charge is 0.0459 e. The number of benzene rings is 1. The number of nitrogens with one attached hydrogen (secondary N) is 2. The van der Waals surface area contributed by atoms with E-state index in [1.807, 2.05) is 18.2 Å². The highest BCUT2D eigenvalue weighted by atomic mass is 79.9. The highest BCUT2D eigenvalue weighted by molar-refractivity contribution is 9.10. The van der Waals surface area contributed by atoms with E-state index in [4.69, 9.17) is 11.6 Å². The zero-order valence-electron chi connectivity index (χ0n) is 7.69. The average molecular weight is 276 g/mol. The van der Waals surface area contributed by atoms with Crippen LogP contribution in [0.2, 0.25) is 5.02 Å². The Balaban J connectivity index is 2.24. The molecular weight excluding hydrogens is 263 g/mol. The Labute approximate surface area is 97.2 Å². The van der Waals surface area contributed by atoms with E-state index >= 15 is 0 Å². The van der Waals surface area contributed by atoms with Crippen LogP contribution < -0.4 is 10.6 Å². The van der Waals surface area contributed by atoms with Gasteiger partial charge in [-0.15, -0.1) is 0 Å². The van der Waals surface area contributed by atoms with Gasteiger partial charge in [-0.25, -0.2) is 0 Å². The minimum Gasteiger partial charge on any atom is -0.314 e. The second-order valence-corrected chi connectivity index (χ2v) is 4.67. The number of rotatable bonds is 1. The third-order valence-corrected chi connectivity index (χ3v) is 3.33. The molecule has 0 radical (unpaired) electrons. The first kappa shape index (κ1) is 10.4. The van der Waals surface area contributed by atoms with Crippen LogP contribution in [0.5, 0.6) is 0 Å². The van der Waals surface area contributed by atoms with Crippen LogP contribution >= 0.6 is 27.5 Å². The summed E-state index contributed by atoms with van der Waals surface area (Å²) in [6, 6.07) is 6.26. The zero-order chi connectivity index (χ0) is 9.97. The molecule has 1 aliphatic heterocycles. The third kappa shape index (κ3) is 2.28. The molecule has 0 spiro atoms. The van der Waals surface area contributed by atoms with Crippen molar-refractivity contribution in [2.75, 3.05) is 19.6 Å².